The highest BCUT2D eigenvalue weighted by molar-refractivity contribution is 6.03. The van der Waals surface area contributed by atoms with Crippen molar-refractivity contribution in [3.8, 4) is 17.2 Å². The van der Waals surface area contributed by atoms with Crippen LogP contribution >= 0.6 is 0 Å². The molecule has 1 aliphatic heterocycles. The number of piperidine rings is 1. The number of ether oxygens (including phenoxy) is 2. The molecule has 37 heavy (non-hydrogen) atoms. The Kier molecular flexibility index (Phi) is 7.32. The van der Waals surface area contributed by atoms with Gasteiger partial charge in [0.05, 0.1) is 18.8 Å². The molecule has 1 radical (unpaired) electrons. The Balaban J connectivity index is 1.26. The smallest absolute Gasteiger partial charge is 0.295 e. The molecule has 4 aromatic rings. The molecule has 0 bridgehead atoms. The third-order valence-corrected chi connectivity index (χ3v) is 6.48. The minimum atomic E-state index is -0.569. The van der Waals surface area contributed by atoms with Gasteiger partial charge in [0.15, 0.2) is 5.58 Å². The Bertz CT molecular complexity index is 1330. The molecule has 193 valence electrons. The lowest BCUT2D eigenvalue weighted by molar-refractivity contribution is 0.100. The number of rotatable bonds is 10. The molecule has 9 nitrogen and oxygen atoms in total. The summed E-state index contributed by atoms with van der Waals surface area (Å²) in [4.78, 5) is 18.5. The van der Waals surface area contributed by atoms with Crippen LogP contribution in [0.5, 0.6) is 11.5 Å². The second kappa shape index (κ2) is 11.0. The Morgan fingerprint density at radius 2 is 1.84 bits per heavy atom. The van der Waals surface area contributed by atoms with Crippen molar-refractivity contribution in [1.82, 2.24) is 14.5 Å². The second-order valence-electron chi connectivity index (χ2n) is 9.04. The number of amides is 1. The minimum absolute atomic E-state index is 0.222. The first-order chi connectivity index (χ1) is 18.1. The van der Waals surface area contributed by atoms with Crippen LogP contribution in [-0.4, -0.2) is 52.7 Å². The molecule has 3 N–H and O–H groups in total. The summed E-state index contributed by atoms with van der Waals surface area (Å²) in [5.74, 6) is 1.07. The normalized spacial score (nSPS) is 14.6. The first-order valence-corrected chi connectivity index (χ1v) is 12.7. The van der Waals surface area contributed by atoms with E-state index in [9.17, 15) is 4.79 Å². The number of oxazole rings is 1. The lowest BCUT2D eigenvalue weighted by Gasteiger charge is -2.32. The van der Waals surface area contributed by atoms with E-state index in [1.165, 1.54) is 0 Å². The van der Waals surface area contributed by atoms with Crippen molar-refractivity contribution in [1.29, 1.82) is 0 Å². The van der Waals surface area contributed by atoms with Crippen LogP contribution in [-0.2, 0) is 6.54 Å². The number of hydrogen-bond acceptors (Lipinski definition) is 7. The van der Waals surface area contributed by atoms with Crippen LogP contribution in [0.4, 0.5) is 6.01 Å². The number of primary amides is 1. The molecule has 9 heteroatoms. The van der Waals surface area contributed by atoms with E-state index in [0.717, 1.165) is 55.2 Å². The number of carbonyl (C=O) groups excluding carboxylic acids is 1. The Morgan fingerprint density at radius 3 is 2.46 bits per heavy atom. The summed E-state index contributed by atoms with van der Waals surface area (Å²) in [7, 11) is 0. The van der Waals surface area contributed by atoms with Crippen molar-refractivity contribution in [2.75, 3.05) is 31.6 Å². The molecule has 0 atom stereocenters. The molecule has 0 unspecified atom stereocenters. The summed E-state index contributed by atoms with van der Waals surface area (Å²) in [5, 5.41) is 3.38. The first kappa shape index (κ1) is 24.7. The maximum atomic E-state index is 11.7. The van der Waals surface area contributed by atoms with Gasteiger partial charge in [-0.1, -0.05) is 0 Å². The number of nitrogens with one attached hydrogen (secondary N) is 1. The maximum Gasteiger partial charge on any atom is 0.295 e. The van der Waals surface area contributed by atoms with Gasteiger partial charge in [0.2, 0.25) is 0 Å². The van der Waals surface area contributed by atoms with Gasteiger partial charge < -0.3 is 29.5 Å². The highest BCUT2D eigenvalue weighted by Gasteiger charge is 2.23. The van der Waals surface area contributed by atoms with Crippen LogP contribution in [0.25, 0.3) is 16.8 Å². The van der Waals surface area contributed by atoms with Gasteiger partial charge in [0, 0.05) is 38.1 Å². The number of likely N-dealkylation sites (tertiary alicyclic amines) is 1. The van der Waals surface area contributed by atoms with E-state index >= 15 is 0 Å². The predicted octanol–water partition coefficient (Wildman–Crippen LogP) is 4.39. The van der Waals surface area contributed by atoms with Gasteiger partial charge in [0.25, 0.3) is 11.9 Å². The first-order valence-electron chi connectivity index (χ1n) is 12.7. The zero-order chi connectivity index (χ0) is 25.8. The average Bonchev–Trinajstić information content (AvgIpc) is 3.55. The summed E-state index contributed by atoms with van der Waals surface area (Å²) < 4.78 is 19.9. The second-order valence-corrected chi connectivity index (χ2v) is 9.04. The fourth-order valence-corrected chi connectivity index (χ4v) is 4.81. The molecule has 2 aromatic carbocycles. The summed E-state index contributed by atoms with van der Waals surface area (Å²) in [6.45, 7) is 7.79. The van der Waals surface area contributed by atoms with E-state index in [-0.39, 0.29) is 11.6 Å². The zero-order valence-corrected chi connectivity index (χ0v) is 21.2. The number of carbonyl (C=O) groups is 1. The standard InChI is InChI=1S/C28H32N5O4/c1-3-35-23-16-19(17-24(36-4-2)26(23)33-12-5-6-13-33)18-32-14-10-20(11-15-32)30-28-31-25-21(27(29)34)8-7-9-22(25)37-28/h5-7,9,12-13,16-17,20H,3-4,10-11,14-15,18H2,1-2H3,(H2,29,34)(H,30,31). The van der Waals surface area contributed by atoms with Crippen LogP contribution in [0.1, 0.15) is 42.6 Å². The molecule has 5 rings (SSSR count). The Labute approximate surface area is 216 Å². The number of fused-ring (bicyclic) bond motifs is 1. The van der Waals surface area contributed by atoms with Crippen molar-refractivity contribution in [2.45, 2.75) is 39.3 Å². The van der Waals surface area contributed by atoms with Crippen molar-refractivity contribution in [3.63, 3.8) is 0 Å². The summed E-state index contributed by atoms with van der Waals surface area (Å²) >= 11 is 0. The SMILES string of the molecule is CCOc1cc(CN2CCC(Nc3nc4c(C(N)=O)[c]ccc4o3)CC2)cc(OCC)c1-n1cccc1. The summed E-state index contributed by atoms with van der Waals surface area (Å²) in [6, 6.07) is 15.0. The van der Waals surface area contributed by atoms with E-state index in [4.69, 9.17) is 19.6 Å². The van der Waals surface area contributed by atoms with Gasteiger partial charge in [-0.3, -0.25) is 9.69 Å². The van der Waals surface area contributed by atoms with E-state index in [0.29, 0.717) is 30.3 Å². The van der Waals surface area contributed by atoms with Crippen molar-refractivity contribution in [2.24, 2.45) is 5.73 Å². The number of hydrogen-bond donors (Lipinski definition) is 2. The quantitative estimate of drug-likeness (QED) is 0.331. The van der Waals surface area contributed by atoms with Crippen molar-refractivity contribution >= 4 is 23.0 Å². The minimum Gasteiger partial charge on any atom is -0.492 e. The number of nitrogens with two attached hydrogens (primary N) is 1. The fraction of sp³-hybridized carbons (Fsp3) is 0.357. The summed E-state index contributed by atoms with van der Waals surface area (Å²) in [5.41, 5.74) is 8.72. The van der Waals surface area contributed by atoms with Gasteiger partial charge in [-0.15, -0.1) is 0 Å². The highest BCUT2D eigenvalue weighted by atomic mass is 16.5. The molecular weight excluding hydrogens is 470 g/mol. The molecule has 1 saturated heterocycles. The molecule has 1 fully saturated rings. The monoisotopic (exact) mass is 502 g/mol. The molecule has 0 aliphatic carbocycles. The fourth-order valence-electron chi connectivity index (χ4n) is 4.81. The molecular formula is C28H32N5O4. The maximum absolute atomic E-state index is 11.7. The lowest BCUT2D eigenvalue weighted by atomic mass is 10.0. The average molecular weight is 503 g/mol. The van der Waals surface area contributed by atoms with Gasteiger partial charge >= 0.3 is 0 Å². The number of benzene rings is 2. The molecule has 0 saturated carbocycles. The van der Waals surface area contributed by atoms with Gasteiger partial charge in [-0.05, 0) is 74.7 Å². The molecule has 2 aromatic heterocycles. The van der Waals surface area contributed by atoms with Crippen LogP contribution in [0, 0.1) is 6.07 Å². The van der Waals surface area contributed by atoms with Crippen molar-refractivity contribution < 1.29 is 18.7 Å². The molecule has 0 spiro atoms. The van der Waals surface area contributed by atoms with E-state index in [1.54, 1.807) is 12.1 Å². The van der Waals surface area contributed by atoms with Crippen LogP contribution in [0.2, 0.25) is 0 Å². The number of nitrogens with zero attached hydrogens (tertiary/aromatic N) is 3. The largest absolute Gasteiger partial charge is 0.492 e. The Morgan fingerprint density at radius 1 is 1.16 bits per heavy atom. The molecule has 1 aliphatic rings. The number of anilines is 1. The summed E-state index contributed by atoms with van der Waals surface area (Å²) in [6.07, 6.45) is 5.88. The van der Waals surface area contributed by atoms with Crippen LogP contribution < -0.4 is 20.5 Å². The lowest BCUT2D eigenvalue weighted by Crippen LogP contribution is -2.38. The number of aromatic nitrogens is 2. The van der Waals surface area contributed by atoms with Gasteiger partial charge in [-0.25, -0.2) is 0 Å². The van der Waals surface area contributed by atoms with Gasteiger partial charge in [-0.2, -0.15) is 4.98 Å². The van der Waals surface area contributed by atoms with Crippen LogP contribution in [0.3, 0.4) is 0 Å². The van der Waals surface area contributed by atoms with Gasteiger partial charge in [0.1, 0.15) is 22.7 Å². The van der Waals surface area contributed by atoms with E-state index in [1.807, 2.05) is 42.9 Å². The van der Waals surface area contributed by atoms with Crippen molar-refractivity contribution in [3.05, 3.63) is 66.0 Å². The highest BCUT2D eigenvalue weighted by Crippen LogP contribution is 2.35. The third kappa shape index (κ3) is 5.41. The van der Waals surface area contributed by atoms with Crippen LogP contribution in [0.15, 0.2) is 53.2 Å². The molecule has 3 heterocycles. The topological polar surface area (TPSA) is 108 Å². The van der Waals surface area contributed by atoms with E-state index < -0.39 is 5.91 Å². The zero-order valence-electron chi connectivity index (χ0n) is 21.2. The molecule has 1 amide bonds. The Hall–Kier alpha value is -3.98. The third-order valence-electron chi connectivity index (χ3n) is 6.48. The van der Waals surface area contributed by atoms with E-state index in [2.05, 4.69) is 33.4 Å². The predicted molar refractivity (Wildman–Crippen MR) is 141 cm³/mol.